The summed E-state index contributed by atoms with van der Waals surface area (Å²) in [7, 11) is 1.68. The quantitative estimate of drug-likeness (QED) is 0.0339. The van der Waals surface area contributed by atoms with Crippen LogP contribution in [0.4, 0.5) is 0 Å². The molecule has 0 saturated carbocycles. The molecule has 7 heteroatoms. The number of hydrogen-bond donors (Lipinski definition) is 1. The van der Waals surface area contributed by atoms with Gasteiger partial charge in [-0.1, -0.05) is 145 Å². The molecule has 0 saturated heterocycles. The van der Waals surface area contributed by atoms with Crippen LogP contribution >= 0.6 is 0 Å². The van der Waals surface area contributed by atoms with E-state index < -0.39 is 5.97 Å². The Balaban J connectivity index is 1.26. The first-order valence-corrected chi connectivity index (χ1v) is 21.4. The van der Waals surface area contributed by atoms with Gasteiger partial charge in [-0.15, -0.1) is 0 Å². The Bertz CT molecular complexity index is 1950. The first kappa shape index (κ1) is 43.7. The summed E-state index contributed by atoms with van der Waals surface area (Å²) in [6.07, 6.45) is 16.9. The molecule has 1 N–H and O–H groups in total. The van der Waals surface area contributed by atoms with Gasteiger partial charge in [0.05, 0.1) is 25.9 Å². The molecule has 0 atom stereocenters. The van der Waals surface area contributed by atoms with Crippen molar-refractivity contribution in [3.8, 4) is 56.8 Å². The summed E-state index contributed by atoms with van der Waals surface area (Å²) in [5.41, 5.74) is 5.22. The maximum absolute atomic E-state index is 13.6. The summed E-state index contributed by atoms with van der Waals surface area (Å²) < 4.78 is 30.1. The van der Waals surface area contributed by atoms with Crippen LogP contribution in [0.15, 0.2) is 109 Å². The van der Waals surface area contributed by atoms with Crippen molar-refractivity contribution < 1.29 is 33.6 Å². The molecule has 5 rings (SSSR count). The van der Waals surface area contributed by atoms with Gasteiger partial charge < -0.3 is 28.8 Å². The minimum atomic E-state index is -0.507. The fourth-order valence-corrected chi connectivity index (χ4v) is 6.82. The molecule has 58 heavy (non-hydrogen) atoms. The highest BCUT2D eigenvalue weighted by molar-refractivity contribution is 5.92. The third kappa shape index (κ3) is 14.2. The van der Waals surface area contributed by atoms with Gasteiger partial charge in [-0.05, 0) is 95.3 Å². The average molecular weight is 787 g/mol. The molecule has 5 aromatic carbocycles. The monoisotopic (exact) mass is 786 g/mol. The van der Waals surface area contributed by atoms with E-state index in [1.165, 1.54) is 70.6 Å². The first-order valence-electron chi connectivity index (χ1n) is 21.4. The molecular weight excluding hydrogens is 725 g/mol. The van der Waals surface area contributed by atoms with E-state index in [9.17, 15) is 9.90 Å². The zero-order valence-electron chi connectivity index (χ0n) is 34.8. The Morgan fingerprint density at radius 3 is 1.55 bits per heavy atom. The van der Waals surface area contributed by atoms with Crippen molar-refractivity contribution >= 4 is 5.97 Å². The SMILES string of the molecule is CCCCCCCCCOc1ccc(-c2ccc(-c3ccc(OCCCCCCCCC)c(OC(=O)c4cccc(OCc5ccc(O)cc5)c4)c3)cc2)cc1OC. The van der Waals surface area contributed by atoms with Gasteiger partial charge in [0.1, 0.15) is 18.1 Å². The van der Waals surface area contributed by atoms with Crippen molar-refractivity contribution in [1.29, 1.82) is 0 Å². The lowest BCUT2D eigenvalue weighted by atomic mass is 9.99. The topological polar surface area (TPSA) is 83.5 Å². The first-order chi connectivity index (χ1) is 28.5. The van der Waals surface area contributed by atoms with Crippen molar-refractivity contribution in [2.45, 2.75) is 110 Å². The van der Waals surface area contributed by atoms with Crippen molar-refractivity contribution in [3.63, 3.8) is 0 Å². The fraction of sp³-hybridized carbons (Fsp3) is 0.392. The maximum atomic E-state index is 13.6. The molecule has 7 nitrogen and oxygen atoms in total. The van der Waals surface area contributed by atoms with Crippen molar-refractivity contribution in [2.75, 3.05) is 20.3 Å². The number of phenolic OH excluding ortho intramolecular Hbond substituents is 1. The van der Waals surface area contributed by atoms with Crippen LogP contribution in [0.2, 0.25) is 0 Å². The Labute approximate surface area is 346 Å². The highest BCUT2D eigenvalue weighted by atomic mass is 16.6. The number of hydrogen-bond acceptors (Lipinski definition) is 7. The number of rotatable bonds is 26. The lowest BCUT2D eigenvalue weighted by Crippen LogP contribution is -2.10. The number of aromatic hydroxyl groups is 1. The van der Waals surface area contributed by atoms with Crippen LogP contribution in [0.25, 0.3) is 22.3 Å². The minimum absolute atomic E-state index is 0.196. The number of esters is 1. The lowest BCUT2D eigenvalue weighted by molar-refractivity contribution is 0.0727. The summed E-state index contributed by atoms with van der Waals surface area (Å²) in [6, 6.07) is 34.0. The Hall–Kier alpha value is -5.43. The normalized spacial score (nSPS) is 10.9. The highest BCUT2D eigenvalue weighted by Crippen LogP contribution is 2.36. The van der Waals surface area contributed by atoms with Crippen LogP contribution < -0.4 is 23.7 Å². The van der Waals surface area contributed by atoms with Gasteiger partial charge in [0.2, 0.25) is 0 Å². The Morgan fingerprint density at radius 1 is 0.500 bits per heavy atom. The standard InChI is InChI=1S/C51H62O7/c1-4-6-8-10-12-14-16-33-55-47-31-27-42(36-49(47)54-3)40-23-25-41(26-24-40)43-28-32-48(56-34-17-15-13-11-9-7-5-2)50(37-43)58-51(53)44-19-18-20-46(35-44)57-38-39-21-29-45(52)30-22-39/h18-32,35-37,52H,4-17,33-34,38H2,1-3H3. The minimum Gasteiger partial charge on any atom is -0.508 e. The number of benzene rings is 5. The second-order valence-electron chi connectivity index (χ2n) is 14.9. The molecule has 0 bridgehead atoms. The largest absolute Gasteiger partial charge is 0.508 e. The molecule has 0 aliphatic rings. The van der Waals surface area contributed by atoms with Gasteiger partial charge in [-0.25, -0.2) is 4.79 Å². The zero-order valence-corrected chi connectivity index (χ0v) is 34.8. The molecule has 0 amide bonds. The van der Waals surface area contributed by atoms with Gasteiger partial charge >= 0.3 is 5.97 Å². The fourth-order valence-electron chi connectivity index (χ4n) is 6.82. The number of methoxy groups -OCH3 is 1. The number of phenols is 1. The molecular formula is C51H62O7. The third-order valence-corrected chi connectivity index (χ3v) is 10.3. The van der Waals surface area contributed by atoms with E-state index in [1.807, 2.05) is 30.3 Å². The van der Waals surface area contributed by atoms with Crippen LogP contribution in [-0.2, 0) is 6.61 Å². The highest BCUT2D eigenvalue weighted by Gasteiger charge is 2.16. The van der Waals surface area contributed by atoms with E-state index in [-0.39, 0.29) is 5.75 Å². The molecule has 0 unspecified atom stereocenters. The Kier molecular flexibility index (Phi) is 18.4. The molecule has 5 aromatic rings. The van der Waals surface area contributed by atoms with E-state index in [0.717, 1.165) is 58.6 Å². The van der Waals surface area contributed by atoms with E-state index in [1.54, 1.807) is 55.6 Å². The molecule has 0 aromatic heterocycles. The van der Waals surface area contributed by atoms with Gasteiger partial charge in [0.15, 0.2) is 23.0 Å². The van der Waals surface area contributed by atoms with Gasteiger partial charge in [0.25, 0.3) is 0 Å². The van der Waals surface area contributed by atoms with Crippen molar-refractivity contribution in [3.05, 3.63) is 120 Å². The molecule has 0 radical (unpaired) electrons. The molecule has 0 spiro atoms. The second kappa shape index (κ2) is 24.4. The number of carbonyl (C=O) groups excluding carboxylic acids is 1. The molecule has 0 aliphatic heterocycles. The van der Waals surface area contributed by atoms with Gasteiger partial charge in [-0.2, -0.15) is 0 Å². The number of carbonyl (C=O) groups is 1. The summed E-state index contributed by atoms with van der Waals surface area (Å²) in [4.78, 5) is 13.6. The summed E-state index contributed by atoms with van der Waals surface area (Å²) in [5.74, 6) is 2.60. The van der Waals surface area contributed by atoms with Gasteiger partial charge in [-0.3, -0.25) is 0 Å². The molecule has 308 valence electrons. The van der Waals surface area contributed by atoms with Crippen LogP contribution in [0.1, 0.15) is 120 Å². The van der Waals surface area contributed by atoms with Crippen LogP contribution in [0.3, 0.4) is 0 Å². The molecule has 0 aliphatic carbocycles. The summed E-state index contributed by atoms with van der Waals surface area (Å²) >= 11 is 0. The third-order valence-electron chi connectivity index (χ3n) is 10.3. The predicted octanol–water partition coefficient (Wildman–Crippen LogP) is 13.8. The Morgan fingerprint density at radius 2 is 1.00 bits per heavy atom. The van der Waals surface area contributed by atoms with E-state index in [0.29, 0.717) is 42.6 Å². The van der Waals surface area contributed by atoms with Crippen LogP contribution in [0, 0.1) is 0 Å². The van der Waals surface area contributed by atoms with Crippen LogP contribution in [0.5, 0.6) is 34.5 Å². The number of ether oxygens (including phenoxy) is 5. The zero-order chi connectivity index (χ0) is 40.8. The smallest absolute Gasteiger partial charge is 0.343 e. The van der Waals surface area contributed by atoms with E-state index in [4.69, 9.17) is 23.7 Å². The number of unbranched alkanes of at least 4 members (excludes halogenated alkanes) is 12. The average Bonchev–Trinajstić information content (AvgIpc) is 3.26. The summed E-state index contributed by atoms with van der Waals surface area (Å²) in [5, 5.41) is 9.59. The van der Waals surface area contributed by atoms with Gasteiger partial charge in [0, 0.05) is 0 Å². The van der Waals surface area contributed by atoms with E-state index in [2.05, 4.69) is 44.2 Å². The van der Waals surface area contributed by atoms with E-state index >= 15 is 0 Å². The predicted molar refractivity (Wildman–Crippen MR) is 235 cm³/mol. The second-order valence-corrected chi connectivity index (χ2v) is 14.9. The van der Waals surface area contributed by atoms with Crippen LogP contribution in [-0.4, -0.2) is 31.4 Å². The maximum Gasteiger partial charge on any atom is 0.343 e. The lowest BCUT2D eigenvalue weighted by Gasteiger charge is -2.15. The molecule has 0 heterocycles. The molecule has 0 fully saturated rings. The van der Waals surface area contributed by atoms with Crippen molar-refractivity contribution in [2.24, 2.45) is 0 Å². The summed E-state index contributed by atoms with van der Waals surface area (Å²) in [6.45, 7) is 5.99. The van der Waals surface area contributed by atoms with Crippen molar-refractivity contribution in [1.82, 2.24) is 0 Å².